The van der Waals surface area contributed by atoms with Gasteiger partial charge >= 0.3 is 5.97 Å². The fraction of sp³-hybridized carbons (Fsp3) is 0.929. The first-order chi connectivity index (χ1) is 8.54. The van der Waals surface area contributed by atoms with Crippen molar-refractivity contribution < 1.29 is 9.53 Å². The van der Waals surface area contributed by atoms with E-state index in [0.717, 1.165) is 6.54 Å². The van der Waals surface area contributed by atoms with Crippen molar-refractivity contribution in [3.8, 4) is 0 Å². The molecule has 4 heteroatoms. The number of ether oxygens (including phenoxy) is 1. The molecule has 1 unspecified atom stereocenters. The zero-order valence-corrected chi connectivity index (χ0v) is 12.2. The van der Waals surface area contributed by atoms with Gasteiger partial charge in [0.05, 0.1) is 6.61 Å². The summed E-state index contributed by atoms with van der Waals surface area (Å²) in [5.41, 5.74) is 0. The van der Waals surface area contributed by atoms with Gasteiger partial charge in [-0.15, -0.1) is 0 Å². The Bertz CT molecular complexity index is 250. The molecule has 0 aromatic carbocycles. The first kappa shape index (κ1) is 15.4. The second kappa shape index (κ2) is 7.74. The Labute approximate surface area is 111 Å². The lowest BCUT2D eigenvalue weighted by Crippen LogP contribution is -2.50. The quantitative estimate of drug-likeness (QED) is 0.705. The van der Waals surface area contributed by atoms with Gasteiger partial charge in [-0.25, -0.2) is 0 Å². The van der Waals surface area contributed by atoms with Crippen LogP contribution in [-0.4, -0.2) is 49.2 Å². The smallest absolute Gasteiger partial charge is 0.324 e. The van der Waals surface area contributed by atoms with Crippen molar-refractivity contribution in [2.24, 2.45) is 0 Å². The standard InChI is InChI=1S/C14H28N2O2/c1-5-18-14(17)13(15-11(2)3)10-16(4)12-8-6-7-9-12/h11-13,15H,5-10H2,1-4H3. The van der Waals surface area contributed by atoms with Crippen LogP contribution in [0.1, 0.15) is 46.5 Å². The highest BCUT2D eigenvalue weighted by atomic mass is 16.5. The lowest BCUT2D eigenvalue weighted by atomic mass is 10.1. The van der Waals surface area contributed by atoms with E-state index in [1.165, 1.54) is 25.7 Å². The van der Waals surface area contributed by atoms with E-state index in [2.05, 4.69) is 31.1 Å². The Hall–Kier alpha value is -0.610. The summed E-state index contributed by atoms with van der Waals surface area (Å²) in [6.45, 7) is 7.15. The normalized spacial score (nSPS) is 18.6. The molecule has 0 aromatic rings. The number of hydrogen-bond donors (Lipinski definition) is 1. The monoisotopic (exact) mass is 256 g/mol. The Morgan fingerprint density at radius 2 is 2.00 bits per heavy atom. The zero-order chi connectivity index (χ0) is 13.5. The first-order valence-corrected chi connectivity index (χ1v) is 7.17. The Morgan fingerprint density at radius 1 is 1.39 bits per heavy atom. The molecule has 0 aromatic heterocycles. The second-order valence-electron chi connectivity index (χ2n) is 5.50. The number of hydrogen-bond acceptors (Lipinski definition) is 4. The Kier molecular flexibility index (Phi) is 6.65. The van der Waals surface area contributed by atoms with E-state index in [-0.39, 0.29) is 18.1 Å². The summed E-state index contributed by atoms with van der Waals surface area (Å²) in [6.07, 6.45) is 5.15. The molecule has 1 saturated carbocycles. The summed E-state index contributed by atoms with van der Waals surface area (Å²) in [7, 11) is 2.12. The molecule has 1 atom stereocenters. The van der Waals surface area contributed by atoms with E-state index in [1.54, 1.807) is 0 Å². The molecule has 0 radical (unpaired) electrons. The van der Waals surface area contributed by atoms with Gasteiger partial charge in [0, 0.05) is 18.6 Å². The van der Waals surface area contributed by atoms with Gasteiger partial charge in [-0.3, -0.25) is 4.79 Å². The van der Waals surface area contributed by atoms with Crippen molar-refractivity contribution in [2.75, 3.05) is 20.2 Å². The fourth-order valence-electron chi connectivity index (χ4n) is 2.62. The number of nitrogens with one attached hydrogen (secondary N) is 1. The molecule has 1 N–H and O–H groups in total. The van der Waals surface area contributed by atoms with Gasteiger partial charge in [0.2, 0.25) is 0 Å². The minimum absolute atomic E-state index is 0.129. The molecule has 0 bridgehead atoms. The largest absolute Gasteiger partial charge is 0.465 e. The molecule has 0 heterocycles. The van der Waals surface area contributed by atoms with Gasteiger partial charge in [-0.2, -0.15) is 0 Å². The van der Waals surface area contributed by atoms with Crippen LogP contribution < -0.4 is 5.32 Å². The fourth-order valence-corrected chi connectivity index (χ4v) is 2.62. The van der Waals surface area contributed by atoms with Gasteiger partial charge in [-0.1, -0.05) is 26.7 Å². The Morgan fingerprint density at radius 3 is 2.50 bits per heavy atom. The number of carbonyl (C=O) groups excluding carboxylic acids is 1. The number of rotatable bonds is 7. The first-order valence-electron chi connectivity index (χ1n) is 7.17. The van der Waals surface area contributed by atoms with Crippen molar-refractivity contribution in [1.29, 1.82) is 0 Å². The van der Waals surface area contributed by atoms with Crippen LogP contribution in [0.5, 0.6) is 0 Å². The van der Waals surface area contributed by atoms with Gasteiger partial charge in [0.15, 0.2) is 0 Å². The maximum absolute atomic E-state index is 11.9. The third-order valence-corrected chi connectivity index (χ3v) is 3.52. The average Bonchev–Trinajstić information content (AvgIpc) is 2.81. The molecule has 1 aliphatic carbocycles. The third kappa shape index (κ3) is 4.94. The maximum atomic E-state index is 11.9. The summed E-state index contributed by atoms with van der Waals surface area (Å²) < 4.78 is 5.14. The molecule has 0 spiro atoms. The Balaban J connectivity index is 2.50. The highest BCUT2D eigenvalue weighted by Crippen LogP contribution is 2.22. The number of carbonyl (C=O) groups is 1. The molecule has 1 aliphatic rings. The molecule has 0 aliphatic heterocycles. The van der Waals surface area contributed by atoms with Crippen molar-refractivity contribution in [2.45, 2.75) is 64.6 Å². The predicted molar refractivity (Wildman–Crippen MR) is 73.6 cm³/mol. The summed E-state index contributed by atoms with van der Waals surface area (Å²) >= 11 is 0. The van der Waals surface area contributed by atoms with Crippen LogP contribution in [0.3, 0.4) is 0 Å². The lowest BCUT2D eigenvalue weighted by Gasteiger charge is -2.29. The van der Waals surface area contributed by atoms with Crippen LogP contribution in [0, 0.1) is 0 Å². The van der Waals surface area contributed by atoms with E-state index in [9.17, 15) is 4.79 Å². The van der Waals surface area contributed by atoms with E-state index in [0.29, 0.717) is 12.6 Å². The molecule has 0 amide bonds. The topological polar surface area (TPSA) is 41.6 Å². The highest BCUT2D eigenvalue weighted by Gasteiger charge is 2.26. The van der Waals surface area contributed by atoms with E-state index < -0.39 is 0 Å². The summed E-state index contributed by atoms with van der Waals surface area (Å²) in [4.78, 5) is 14.2. The molecule has 1 fully saturated rings. The number of likely N-dealkylation sites (N-methyl/N-ethyl adjacent to an activating group) is 1. The summed E-state index contributed by atoms with van der Waals surface area (Å²) in [6, 6.07) is 0.711. The van der Waals surface area contributed by atoms with E-state index in [1.807, 2.05) is 6.92 Å². The molecular weight excluding hydrogens is 228 g/mol. The van der Waals surface area contributed by atoms with E-state index in [4.69, 9.17) is 4.74 Å². The zero-order valence-electron chi connectivity index (χ0n) is 12.2. The van der Waals surface area contributed by atoms with Crippen molar-refractivity contribution in [3.63, 3.8) is 0 Å². The maximum Gasteiger partial charge on any atom is 0.324 e. The molecule has 106 valence electrons. The summed E-state index contributed by atoms with van der Waals surface area (Å²) in [5.74, 6) is -0.129. The minimum atomic E-state index is -0.212. The second-order valence-corrected chi connectivity index (χ2v) is 5.50. The SMILES string of the molecule is CCOC(=O)C(CN(C)C1CCCC1)NC(C)C. The van der Waals surface area contributed by atoms with Crippen molar-refractivity contribution >= 4 is 5.97 Å². The third-order valence-electron chi connectivity index (χ3n) is 3.52. The minimum Gasteiger partial charge on any atom is -0.465 e. The van der Waals surface area contributed by atoms with Crippen molar-refractivity contribution in [3.05, 3.63) is 0 Å². The molecule has 0 saturated heterocycles. The van der Waals surface area contributed by atoms with Gasteiger partial charge in [0.25, 0.3) is 0 Å². The predicted octanol–water partition coefficient (Wildman–Crippen LogP) is 1.79. The van der Waals surface area contributed by atoms with Crippen LogP contribution in [0.4, 0.5) is 0 Å². The van der Waals surface area contributed by atoms with Gasteiger partial charge in [0.1, 0.15) is 6.04 Å². The summed E-state index contributed by atoms with van der Waals surface area (Å²) in [5, 5.41) is 3.30. The lowest BCUT2D eigenvalue weighted by molar-refractivity contribution is -0.146. The van der Waals surface area contributed by atoms with Crippen molar-refractivity contribution in [1.82, 2.24) is 10.2 Å². The molecular formula is C14H28N2O2. The molecule has 18 heavy (non-hydrogen) atoms. The van der Waals surface area contributed by atoms with Gasteiger partial charge in [-0.05, 0) is 26.8 Å². The van der Waals surface area contributed by atoms with Crippen LogP contribution in [0.2, 0.25) is 0 Å². The van der Waals surface area contributed by atoms with Crippen LogP contribution in [0.25, 0.3) is 0 Å². The highest BCUT2D eigenvalue weighted by molar-refractivity contribution is 5.76. The van der Waals surface area contributed by atoms with E-state index >= 15 is 0 Å². The van der Waals surface area contributed by atoms with Gasteiger partial charge < -0.3 is 15.0 Å². The van der Waals surface area contributed by atoms with Crippen LogP contribution in [0.15, 0.2) is 0 Å². The number of nitrogens with zero attached hydrogens (tertiary/aromatic N) is 1. The molecule has 4 nitrogen and oxygen atoms in total. The molecule has 1 rings (SSSR count). The average molecular weight is 256 g/mol. The van der Waals surface area contributed by atoms with Crippen LogP contribution >= 0.6 is 0 Å². The van der Waals surface area contributed by atoms with Crippen LogP contribution in [-0.2, 0) is 9.53 Å². The number of esters is 1.